The van der Waals surface area contributed by atoms with Crippen LogP contribution in [0.3, 0.4) is 0 Å². The smallest absolute Gasteiger partial charge is 0.333 e. The van der Waals surface area contributed by atoms with E-state index in [2.05, 4.69) is 49.9 Å². The first-order chi connectivity index (χ1) is 11.8. The molecule has 1 aliphatic heterocycles. The third-order valence-corrected chi connectivity index (χ3v) is 5.07. The van der Waals surface area contributed by atoms with E-state index in [0.29, 0.717) is 6.54 Å². The highest BCUT2D eigenvalue weighted by molar-refractivity contribution is 5.73. The summed E-state index contributed by atoms with van der Waals surface area (Å²) in [5.74, 6) is 1.08. The second-order valence-corrected chi connectivity index (χ2v) is 7.52. The van der Waals surface area contributed by atoms with Crippen LogP contribution < -0.4 is 0 Å². The van der Waals surface area contributed by atoms with Crippen molar-refractivity contribution in [2.45, 2.75) is 33.9 Å². The number of hydrogen-bond donors (Lipinski definition) is 0. The predicted molar refractivity (Wildman–Crippen MR) is 101 cm³/mol. The first-order valence-electron chi connectivity index (χ1n) is 9.17. The Morgan fingerprint density at radius 1 is 1.24 bits per heavy atom. The van der Waals surface area contributed by atoms with Gasteiger partial charge in [-0.3, -0.25) is 4.79 Å². The Hall–Kier alpha value is -1.88. The summed E-state index contributed by atoms with van der Waals surface area (Å²) in [7, 11) is 4.49. The van der Waals surface area contributed by atoms with Gasteiger partial charge in [-0.05, 0) is 12.5 Å². The molecule has 5 heteroatoms. The Bertz CT molecular complexity index is 620. The fourth-order valence-corrected chi connectivity index (χ4v) is 2.99. The zero-order valence-corrected chi connectivity index (χ0v) is 16.4. The second-order valence-electron chi connectivity index (χ2n) is 7.52. The largest absolute Gasteiger partial charge is 0.442 e. The van der Waals surface area contributed by atoms with Crippen LogP contribution in [-0.4, -0.2) is 72.6 Å². The minimum atomic E-state index is 0.116. The molecular formula is C20H33N3O2+2. The first-order valence-corrected chi connectivity index (χ1v) is 9.17. The van der Waals surface area contributed by atoms with E-state index in [4.69, 9.17) is 4.74 Å². The number of carbonyl (C=O) groups is 1. The lowest BCUT2D eigenvalue weighted by molar-refractivity contribution is -0.901. The third-order valence-electron chi connectivity index (χ3n) is 5.07. The zero-order chi connectivity index (χ0) is 18.4. The number of hydrogen-bond acceptors (Lipinski definition) is 2. The molecule has 1 aromatic carbocycles. The summed E-state index contributed by atoms with van der Waals surface area (Å²) in [4.78, 5) is 13.9. The summed E-state index contributed by atoms with van der Waals surface area (Å²) in [6, 6.07) is 8.68. The van der Waals surface area contributed by atoms with E-state index in [1.54, 1.807) is 6.92 Å². The lowest BCUT2D eigenvalue weighted by atomic mass is 10.1. The Morgan fingerprint density at radius 3 is 2.40 bits per heavy atom. The van der Waals surface area contributed by atoms with Crippen molar-refractivity contribution < 1.29 is 18.6 Å². The van der Waals surface area contributed by atoms with Crippen LogP contribution in [0.1, 0.15) is 31.9 Å². The Balaban J connectivity index is 1.95. The predicted octanol–water partition coefficient (Wildman–Crippen LogP) is 2.09. The summed E-state index contributed by atoms with van der Waals surface area (Å²) in [5.41, 5.74) is 2.52. The van der Waals surface area contributed by atoms with Crippen LogP contribution in [-0.2, 0) is 22.6 Å². The van der Waals surface area contributed by atoms with Crippen LogP contribution in [0, 0.1) is 0 Å². The van der Waals surface area contributed by atoms with Gasteiger partial charge < -0.3 is 14.1 Å². The fourth-order valence-electron chi connectivity index (χ4n) is 2.99. The van der Waals surface area contributed by atoms with Crippen molar-refractivity contribution in [2.75, 3.05) is 46.9 Å². The van der Waals surface area contributed by atoms with Crippen LogP contribution >= 0.6 is 0 Å². The molecule has 0 saturated carbocycles. The van der Waals surface area contributed by atoms with Gasteiger partial charge in [-0.2, -0.15) is 4.58 Å². The fraction of sp³-hybridized carbons (Fsp3) is 0.600. The number of rotatable bonds is 8. The van der Waals surface area contributed by atoms with Gasteiger partial charge in [0.05, 0.1) is 34.1 Å². The van der Waals surface area contributed by atoms with Crippen LogP contribution in [0.15, 0.2) is 24.3 Å². The third kappa shape index (κ3) is 5.85. The standard InChI is InChI=1S/C20H33N3O2/c1-6-23(4,5)16-20-9-7-19(8-10-20)15-22(17(2)24)12-11-21-13-14-25-18(21)3/h7-10H,6,11-16H2,1-5H3/q+2. The maximum atomic E-state index is 12.0. The van der Waals surface area contributed by atoms with Crippen molar-refractivity contribution >= 4 is 11.8 Å². The lowest BCUT2D eigenvalue weighted by Crippen LogP contribution is -2.38. The summed E-state index contributed by atoms with van der Waals surface area (Å²) in [6.07, 6.45) is 0. The van der Waals surface area contributed by atoms with E-state index in [1.807, 2.05) is 11.8 Å². The van der Waals surface area contributed by atoms with Gasteiger partial charge in [0, 0.05) is 19.0 Å². The van der Waals surface area contributed by atoms with Crippen LogP contribution in [0.5, 0.6) is 0 Å². The Labute approximate surface area is 152 Å². The highest BCUT2D eigenvalue weighted by Gasteiger charge is 2.21. The first kappa shape index (κ1) is 19.4. The van der Waals surface area contributed by atoms with Crippen LogP contribution in [0.25, 0.3) is 0 Å². The van der Waals surface area contributed by atoms with Gasteiger partial charge in [0.1, 0.15) is 6.54 Å². The molecule has 0 unspecified atom stereocenters. The summed E-state index contributed by atoms with van der Waals surface area (Å²) in [6.45, 7) is 11.8. The van der Waals surface area contributed by atoms with Crippen LogP contribution in [0.4, 0.5) is 0 Å². The highest BCUT2D eigenvalue weighted by Crippen LogP contribution is 2.12. The minimum Gasteiger partial charge on any atom is -0.442 e. The van der Waals surface area contributed by atoms with Crippen molar-refractivity contribution in [3.63, 3.8) is 0 Å². The molecule has 1 amide bonds. The Kier molecular flexibility index (Phi) is 6.59. The minimum absolute atomic E-state index is 0.116. The zero-order valence-electron chi connectivity index (χ0n) is 16.4. The van der Waals surface area contributed by atoms with E-state index in [0.717, 1.165) is 49.7 Å². The highest BCUT2D eigenvalue weighted by atomic mass is 16.5. The number of carbonyl (C=O) groups excluding carboxylic acids is 1. The van der Waals surface area contributed by atoms with Gasteiger partial charge >= 0.3 is 5.90 Å². The van der Waals surface area contributed by atoms with Crippen molar-refractivity contribution in [1.29, 1.82) is 0 Å². The molecule has 0 saturated heterocycles. The number of ether oxygens (including phenoxy) is 1. The summed E-state index contributed by atoms with van der Waals surface area (Å²) in [5, 5.41) is 0. The second kappa shape index (κ2) is 8.48. The molecule has 0 fully saturated rings. The molecule has 1 aromatic rings. The molecule has 2 rings (SSSR count). The molecule has 0 aromatic heterocycles. The Morgan fingerprint density at radius 2 is 1.88 bits per heavy atom. The maximum absolute atomic E-state index is 12.0. The normalized spacial score (nSPS) is 14.6. The van der Waals surface area contributed by atoms with E-state index in [1.165, 1.54) is 11.1 Å². The van der Waals surface area contributed by atoms with Crippen molar-refractivity contribution in [3.8, 4) is 0 Å². The topological polar surface area (TPSA) is 32.5 Å². The lowest BCUT2D eigenvalue weighted by Gasteiger charge is -2.28. The number of benzene rings is 1. The maximum Gasteiger partial charge on any atom is 0.333 e. The molecule has 0 atom stereocenters. The van der Waals surface area contributed by atoms with E-state index >= 15 is 0 Å². The van der Waals surface area contributed by atoms with Crippen molar-refractivity contribution in [3.05, 3.63) is 35.4 Å². The van der Waals surface area contributed by atoms with Gasteiger partial charge in [-0.15, -0.1) is 0 Å². The van der Waals surface area contributed by atoms with E-state index in [9.17, 15) is 4.79 Å². The van der Waals surface area contributed by atoms with E-state index in [-0.39, 0.29) is 5.91 Å². The van der Waals surface area contributed by atoms with Crippen molar-refractivity contribution in [1.82, 2.24) is 4.90 Å². The molecule has 0 N–H and O–H groups in total. The molecule has 25 heavy (non-hydrogen) atoms. The van der Waals surface area contributed by atoms with Crippen LogP contribution in [0.2, 0.25) is 0 Å². The molecular weight excluding hydrogens is 314 g/mol. The average Bonchev–Trinajstić information content (AvgIpc) is 2.97. The average molecular weight is 348 g/mol. The number of amides is 1. The van der Waals surface area contributed by atoms with Gasteiger partial charge in [0.2, 0.25) is 5.91 Å². The SMILES string of the molecule is CC[N+](C)(C)Cc1ccc(CN(CC[N+]2=C(C)OCC2)C(C)=O)cc1. The summed E-state index contributed by atoms with van der Waals surface area (Å²) < 4.78 is 8.65. The number of quaternary nitrogens is 1. The molecule has 0 spiro atoms. The summed E-state index contributed by atoms with van der Waals surface area (Å²) >= 11 is 0. The molecule has 5 nitrogen and oxygen atoms in total. The molecule has 0 radical (unpaired) electrons. The quantitative estimate of drug-likeness (QED) is 0.533. The monoisotopic (exact) mass is 347 g/mol. The molecule has 1 heterocycles. The van der Waals surface area contributed by atoms with Gasteiger partial charge in [-0.1, -0.05) is 24.3 Å². The molecule has 0 aliphatic carbocycles. The van der Waals surface area contributed by atoms with Gasteiger partial charge in [0.25, 0.3) is 0 Å². The molecule has 0 bridgehead atoms. The molecule has 138 valence electrons. The van der Waals surface area contributed by atoms with E-state index < -0.39 is 0 Å². The molecule has 1 aliphatic rings. The van der Waals surface area contributed by atoms with Gasteiger partial charge in [-0.25, -0.2) is 0 Å². The van der Waals surface area contributed by atoms with Gasteiger partial charge in [0.15, 0.2) is 19.7 Å². The number of nitrogens with zero attached hydrogens (tertiary/aromatic N) is 3. The van der Waals surface area contributed by atoms with Crippen molar-refractivity contribution in [2.24, 2.45) is 0 Å².